The number of benzene rings is 3. The van der Waals surface area contributed by atoms with Crippen LogP contribution in [0.25, 0.3) is 22.6 Å². The number of hydrogen-bond donors (Lipinski definition) is 1. The molecule has 4 aromatic rings. The maximum absolute atomic E-state index is 12.7. The minimum atomic E-state index is -0.0484. The van der Waals surface area contributed by atoms with Crippen molar-refractivity contribution in [3.8, 4) is 28.3 Å². The average molecular weight is 441 g/mol. The van der Waals surface area contributed by atoms with Crippen molar-refractivity contribution in [3.63, 3.8) is 0 Å². The van der Waals surface area contributed by atoms with E-state index in [0.717, 1.165) is 40.3 Å². The lowest BCUT2D eigenvalue weighted by molar-refractivity contribution is -0.121. The zero-order valence-corrected chi connectivity index (χ0v) is 19.0. The SMILES string of the molecule is CC[C@@H](NC(=O)CCc1nc(-c2ccccc2)c(-c2ccccc2)o1)c1ccc(OC)cc1. The Morgan fingerprint density at radius 2 is 1.58 bits per heavy atom. The summed E-state index contributed by atoms with van der Waals surface area (Å²) in [5, 5.41) is 3.13. The summed E-state index contributed by atoms with van der Waals surface area (Å²) in [4.78, 5) is 17.5. The molecule has 1 aromatic heterocycles. The fourth-order valence-electron chi connectivity index (χ4n) is 3.79. The van der Waals surface area contributed by atoms with Crippen molar-refractivity contribution in [2.24, 2.45) is 0 Å². The molecule has 1 heterocycles. The molecule has 168 valence electrons. The van der Waals surface area contributed by atoms with E-state index in [0.29, 0.717) is 18.7 Å². The molecule has 0 fully saturated rings. The van der Waals surface area contributed by atoms with Crippen LogP contribution in [0.4, 0.5) is 0 Å². The number of carbonyl (C=O) groups is 1. The van der Waals surface area contributed by atoms with Crippen molar-refractivity contribution < 1.29 is 13.9 Å². The quantitative estimate of drug-likeness (QED) is 0.336. The van der Waals surface area contributed by atoms with Crippen LogP contribution < -0.4 is 10.1 Å². The molecule has 1 amide bonds. The summed E-state index contributed by atoms with van der Waals surface area (Å²) in [5.41, 5.74) is 3.80. The number of nitrogens with one attached hydrogen (secondary N) is 1. The molecule has 0 aliphatic carbocycles. The van der Waals surface area contributed by atoms with Crippen LogP contribution in [0.1, 0.15) is 37.3 Å². The second kappa shape index (κ2) is 10.6. The number of aryl methyl sites for hydroxylation is 1. The maximum atomic E-state index is 12.7. The third-order valence-electron chi connectivity index (χ3n) is 5.58. The highest BCUT2D eigenvalue weighted by molar-refractivity contribution is 5.78. The summed E-state index contributed by atoms with van der Waals surface area (Å²) in [7, 11) is 1.64. The second-order valence-corrected chi connectivity index (χ2v) is 7.82. The zero-order valence-electron chi connectivity index (χ0n) is 19.0. The molecule has 0 saturated heterocycles. The summed E-state index contributed by atoms with van der Waals surface area (Å²) >= 11 is 0. The molecule has 1 atom stereocenters. The molecule has 3 aromatic carbocycles. The number of aromatic nitrogens is 1. The van der Waals surface area contributed by atoms with Crippen molar-refractivity contribution >= 4 is 5.91 Å². The van der Waals surface area contributed by atoms with Gasteiger partial charge in [0, 0.05) is 24.0 Å². The van der Waals surface area contributed by atoms with E-state index in [2.05, 4.69) is 12.2 Å². The molecule has 0 radical (unpaired) electrons. The predicted octanol–water partition coefficient (Wildman–Crippen LogP) is 6.22. The lowest BCUT2D eigenvalue weighted by Crippen LogP contribution is -2.28. The summed E-state index contributed by atoms with van der Waals surface area (Å²) in [6.07, 6.45) is 1.53. The van der Waals surface area contributed by atoms with Gasteiger partial charge in [-0.2, -0.15) is 0 Å². The van der Waals surface area contributed by atoms with Gasteiger partial charge in [-0.1, -0.05) is 79.7 Å². The lowest BCUT2D eigenvalue weighted by atomic mass is 10.0. The Labute approximate surface area is 194 Å². The van der Waals surface area contributed by atoms with Gasteiger partial charge in [-0.25, -0.2) is 4.98 Å². The summed E-state index contributed by atoms with van der Waals surface area (Å²) in [5.74, 6) is 2.05. The van der Waals surface area contributed by atoms with Gasteiger partial charge in [-0.3, -0.25) is 4.79 Å². The largest absolute Gasteiger partial charge is 0.497 e. The van der Waals surface area contributed by atoms with Crippen LogP contribution in [0.5, 0.6) is 5.75 Å². The van der Waals surface area contributed by atoms with E-state index in [9.17, 15) is 4.79 Å². The molecule has 5 nitrogen and oxygen atoms in total. The van der Waals surface area contributed by atoms with E-state index in [-0.39, 0.29) is 11.9 Å². The Morgan fingerprint density at radius 3 is 2.18 bits per heavy atom. The Morgan fingerprint density at radius 1 is 0.939 bits per heavy atom. The highest BCUT2D eigenvalue weighted by Crippen LogP contribution is 2.33. The Hall–Kier alpha value is -3.86. The van der Waals surface area contributed by atoms with Crippen LogP contribution >= 0.6 is 0 Å². The van der Waals surface area contributed by atoms with Gasteiger partial charge in [-0.15, -0.1) is 0 Å². The molecule has 0 aliphatic rings. The van der Waals surface area contributed by atoms with Gasteiger partial charge < -0.3 is 14.5 Å². The molecule has 4 rings (SSSR count). The second-order valence-electron chi connectivity index (χ2n) is 7.82. The van der Waals surface area contributed by atoms with Crippen molar-refractivity contribution in [1.29, 1.82) is 0 Å². The van der Waals surface area contributed by atoms with Crippen molar-refractivity contribution in [3.05, 3.63) is 96.4 Å². The van der Waals surface area contributed by atoms with E-state index in [1.54, 1.807) is 7.11 Å². The molecule has 0 unspecified atom stereocenters. The molecule has 0 bridgehead atoms. The van der Waals surface area contributed by atoms with Crippen LogP contribution in [0, 0.1) is 0 Å². The Balaban J connectivity index is 1.47. The van der Waals surface area contributed by atoms with Gasteiger partial charge in [0.15, 0.2) is 11.7 Å². The van der Waals surface area contributed by atoms with Crippen molar-refractivity contribution in [2.45, 2.75) is 32.2 Å². The fourth-order valence-corrected chi connectivity index (χ4v) is 3.79. The first kappa shape index (κ1) is 22.3. The number of nitrogens with zero attached hydrogens (tertiary/aromatic N) is 1. The summed E-state index contributed by atoms with van der Waals surface area (Å²) in [6.45, 7) is 2.06. The highest BCUT2D eigenvalue weighted by Gasteiger charge is 2.18. The van der Waals surface area contributed by atoms with Crippen LogP contribution in [0.3, 0.4) is 0 Å². The van der Waals surface area contributed by atoms with Crippen LogP contribution in [0.2, 0.25) is 0 Å². The Kier molecular flexibility index (Phi) is 7.20. The van der Waals surface area contributed by atoms with Gasteiger partial charge >= 0.3 is 0 Å². The number of hydrogen-bond acceptors (Lipinski definition) is 4. The summed E-state index contributed by atoms with van der Waals surface area (Å²) < 4.78 is 11.4. The van der Waals surface area contributed by atoms with Crippen LogP contribution in [-0.2, 0) is 11.2 Å². The van der Waals surface area contributed by atoms with Gasteiger partial charge in [0.2, 0.25) is 5.91 Å². The molecule has 0 saturated carbocycles. The van der Waals surface area contributed by atoms with Gasteiger partial charge in [-0.05, 0) is 24.1 Å². The number of amides is 1. The van der Waals surface area contributed by atoms with Crippen molar-refractivity contribution in [1.82, 2.24) is 10.3 Å². The zero-order chi connectivity index (χ0) is 23.0. The average Bonchev–Trinajstić information content (AvgIpc) is 3.31. The lowest BCUT2D eigenvalue weighted by Gasteiger charge is -2.17. The minimum Gasteiger partial charge on any atom is -0.497 e. The molecular weight excluding hydrogens is 412 g/mol. The normalized spacial score (nSPS) is 11.7. The van der Waals surface area contributed by atoms with Gasteiger partial charge in [0.1, 0.15) is 11.4 Å². The predicted molar refractivity (Wildman–Crippen MR) is 130 cm³/mol. The first-order valence-electron chi connectivity index (χ1n) is 11.2. The molecule has 33 heavy (non-hydrogen) atoms. The Bertz CT molecular complexity index is 1110. The number of methoxy groups -OCH3 is 1. The van der Waals surface area contributed by atoms with E-state index in [1.165, 1.54) is 0 Å². The molecule has 0 spiro atoms. The first-order chi connectivity index (χ1) is 16.2. The van der Waals surface area contributed by atoms with Crippen LogP contribution in [0.15, 0.2) is 89.3 Å². The van der Waals surface area contributed by atoms with E-state index in [4.69, 9.17) is 14.1 Å². The number of rotatable bonds is 9. The van der Waals surface area contributed by atoms with E-state index < -0.39 is 0 Å². The standard InChI is InChI=1S/C28H28N2O3/c1-3-24(20-14-16-23(32-2)17-15-20)29-25(31)18-19-26-30-27(21-10-6-4-7-11-21)28(33-26)22-12-8-5-9-13-22/h4-17,24H,3,18-19H2,1-2H3,(H,29,31)/t24-/m1/s1. The van der Waals surface area contributed by atoms with E-state index in [1.807, 2.05) is 84.9 Å². The third-order valence-corrected chi connectivity index (χ3v) is 5.58. The highest BCUT2D eigenvalue weighted by atomic mass is 16.5. The summed E-state index contributed by atoms with van der Waals surface area (Å²) in [6, 6.07) is 27.6. The first-order valence-corrected chi connectivity index (χ1v) is 11.2. The molecule has 0 aliphatic heterocycles. The number of carbonyl (C=O) groups excluding carboxylic acids is 1. The maximum Gasteiger partial charge on any atom is 0.220 e. The van der Waals surface area contributed by atoms with Crippen LogP contribution in [-0.4, -0.2) is 18.0 Å². The van der Waals surface area contributed by atoms with Crippen molar-refractivity contribution in [2.75, 3.05) is 7.11 Å². The number of oxazole rings is 1. The number of ether oxygens (including phenoxy) is 1. The minimum absolute atomic E-state index is 0.0293. The molecular formula is C28H28N2O3. The van der Waals surface area contributed by atoms with E-state index >= 15 is 0 Å². The van der Waals surface area contributed by atoms with Gasteiger partial charge in [0.05, 0.1) is 13.2 Å². The monoisotopic (exact) mass is 440 g/mol. The smallest absolute Gasteiger partial charge is 0.220 e. The van der Waals surface area contributed by atoms with Gasteiger partial charge in [0.25, 0.3) is 0 Å². The molecule has 5 heteroatoms. The molecule has 1 N–H and O–H groups in total. The fraction of sp³-hybridized carbons (Fsp3) is 0.214. The third kappa shape index (κ3) is 5.50. The topological polar surface area (TPSA) is 64.4 Å².